The Morgan fingerprint density at radius 3 is 3.08 bits per heavy atom. The van der Waals surface area contributed by atoms with Crippen LogP contribution in [0.4, 0.5) is 0 Å². The van der Waals surface area contributed by atoms with Crippen molar-refractivity contribution in [3.05, 3.63) is 0 Å². The molecule has 0 aliphatic rings. The molecular formula is C7H13INO3-. The number of halogens is 1. The fourth-order valence-corrected chi connectivity index (χ4v) is 1.71. The molecule has 1 atom stereocenters. The van der Waals surface area contributed by atoms with Gasteiger partial charge in [-0.05, 0) is 0 Å². The first-order chi connectivity index (χ1) is 5.81. The first kappa shape index (κ1) is 12.0. The molecule has 0 aromatic carbocycles. The third kappa shape index (κ3) is 8.07. The predicted octanol–water partition coefficient (Wildman–Crippen LogP) is -3.50. The zero-order valence-electron chi connectivity index (χ0n) is 6.92. The molecule has 0 radical (unpaired) electrons. The maximum absolute atomic E-state index is 9.05. The fraction of sp³-hybridized carbons (Fsp3) is 0.714. The van der Waals surface area contributed by atoms with Crippen LogP contribution in [-0.2, 0) is 7.80 Å². The molecule has 0 rings (SSSR count). The van der Waals surface area contributed by atoms with Gasteiger partial charge in [0.2, 0.25) is 0 Å². The topological polar surface area (TPSA) is 50.7 Å². The molecule has 0 saturated carbocycles. The Hall–Kier alpha value is -0.0300. The van der Waals surface area contributed by atoms with Crippen molar-refractivity contribution in [1.82, 2.24) is 5.32 Å². The van der Waals surface area contributed by atoms with E-state index in [1.165, 1.54) is 0 Å². The summed E-state index contributed by atoms with van der Waals surface area (Å²) in [4.78, 5) is 0. The Morgan fingerprint density at radius 2 is 2.50 bits per heavy atom. The molecule has 0 aliphatic heterocycles. The van der Waals surface area contributed by atoms with Crippen LogP contribution < -0.4 is 26.9 Å². The Bertz CT molecular complexity index is 137. The van der Waals surface area contributed by atoms with E-state index < -0.39 is 25.9 Å². The fourth-order valence-electron chi connectivity index (χ4n) is 0.423. The summed E-state index contributed by atoms with van der Waals surface area (Å²) in [5.41, 5.74) is 0. The van der Waals surface area contributed by atoms with Gasteiger partial charge in [0.05, 0.1) is 0 Å². The number of nitrogens with one attached hydrogen (secondary N) is 1. The van der Waals surface area contributed by atoms with Gasteiger partial charge in [-0.3, -0.25) is 0 Å². The molecule has 12 heavy (non-hydrogen) atoms. The summed E-state index contributed by atoms with van der Waals surface area (Å²) in [5.74, 6) is 0. The number of ether oxygens (including phenoxy) is 1. The summed E-state index contributed by atoms with van der Waals surface area (Å²) >= 11 is -0.737. The van der Waals surface area contributed by atoms with Crippen LogP contribution in [0, 0.1) is 12.5 Å². The molecule has 5 heteroatoms. The number of aliphatic hydroxyl groups excluding tert-OH is 1. The summed E-state index contributed by atoms with van der Waals surface area (Å²) in [5, 5.41) is 11.7. The van der Waals surface area contributed by atoms with E-state index in [-0.39, 0.29) is 0 Å². The second-order valence-corrected chi connectivity index (χ2v) is 3.92. The first-order valence-corrected chi connectivity index (χ1v) is 5.67. The van der Waals surface area contributed by atoms with Crippen molar-refractivity contribution in [1.29, 1.82) is 0 Å². The van der Waals surface area contributed by atoms with Crippen LogP contribution in [-0.4, -0.2) is 29.2 Å². The van der Waals surface area contributed by atoms with E-state index in [4.69, 9.17) is 19.3 Å². The Labute approximate surface area is 83.4 Å². The molecule has 0 aromatic rings. The molecule has 0 amide bonds. The Kier molecular flexibility index (Phi) is 9.04. The zero-order valence-corrected chi connectivity index (χ0v) is 9.08. The van der Waals surface area contributed by atoms with Gasteiger partial charge in [-0.15, -0.1) is 0 Å². The number of hydrogen-bond acceptors (Lipinski definition) is 4. The molecule has 2 N–H and O–H groups in total. The SMILES string of the molecule is C#CNCCO[I-]C(O)OCC. The van der Waals surface area contributed by atoms with Crippen molar-refractivity contribution in [2.24, 2.45) is 0 Å². The summed E-state index contributed by atoms with van der Waals surface area (Å²) in [6.07, 6.45) is 4.94. The summed E-state index contributed by atoms with van der Waals surface area (Å²) in [6, 6.07) is 2.27. The van der Waals surface area contributed by atoms with Gasteiger partial charge in [0.25, 0.3) is 0 Å². The zero-order chi connectivity index (χ0) is 9.23. The Balaban J connectivity index is 3.04. The number of rotatable bonds is 7. The van der Waals surface area contributed by atoms with E-state index >= 15 is 0 Å². The monoisotopic (exact) mass is 286 g/mol. The minimum atomic E-state index is -0.737. The van der Waals surface area contributed by atoms with Gasteiger partial charge >= 0.3 is 83.3 Å². The molecule has 0 bridgehead atoms. The summed E-state index contributed by atoms with van der Waals surface area (Å²) in [6.45, 7) is 3.45. The van der Waals surface area contributed by atoms with Gasteiger partial charge in [0.1, 0.15) is 0 Å². The third-order valence-electron chi connectivity index (χ3n) is 0.850. The molecule has 0 aliphatic carbocycles. The van der Waals surface area contributed by atoms with E-state index in [1.54, 1.807) is 0 Å². The normalized spacial score (nSPS) is 12.4. The van der Waals surface area contributed by atoms with Crippen molar-refractivity contribution in [3.8, 4) is 12.5 Å². The van der Waals surface area contributed by atoms with Gasteiger partial charge in [-0.2, -0.15) is 0 Å². The van der Waals surface area contributed by atoms with Crippen LogP contribution in [0.15, 0.2) is 0 Å². The molecule has 0 saturated heterocycles. The van der Waals surface area contributed by atoms with Crippen molar-refractivity contribution in [3.63, 3.8) is 0 Å². The molecule has 0 spiro atoms. The number of aliphatic hydroxyl groups is 1. The quantitative estimate of drug-likeness (QED) is 0.127. The maximum atomic E-state index is 9.05. The number of hydrogen-bond donors (Lipinski definition) is 2. The van der Waals surface area contributed by atoms with Crippen LogP contribution in [0.1, 0.15) is 6.92 Å². The standard InChI is InChI=1S/C7H13INO3/c1-3-9-5-6-12-8-7(10)11-4-2/h1,7,9-10H,4-6H2,2H3/q-1. The predicted molar refractivity (Wildman–Crippen MR) is 40.4 cm³/mol. The molecular weight excluding hydrogens is 273 g/mol. The van der Waals surface area contributed by atoms with E-state index in [9.17, 15) is 0 Å². The molecule has 0 fully saturated rings. The summed E-state index contributed by atoms with van der Waals surface area (Å²) < 4.78 is 9.27. The van der Waals surface area contributed by atoms with Crippen molar-refractivity contribution >= 4 is 0 Å². The van der Waals surface area contributed by atoms with Gasteiger partial charge < -0.3 is 0 Å². The minimum absolute atomic E-state index is 0.507. The third-order valence-corrected chi connectivity index (χ3v) is 2.44. The van der Waals surface area contributed by atoms with Gasteiger partial charge in [-0.1, -0.05) is 0 Å². The van der Waals surface area contributed by atoms with Crippen molar-refractivity contribution in [2.45, 2.75) is 11.2 Å². The second kappa shape index (κ2) is 9.06. The van der Waals surface area contributed by atoms with Gasteiger partial charge in [-0.25, -0.2) is 0 Å². The summed E-state index contributed by atoms with van der Waals surface area (Å²) in [7, 11) is 0. The van der Waals surface area contributed by atoms with Gasteiger partial charge in [0.15, 0.2) is 0 Å². The van der Waals surface area contributed by atoms with E-state index in [1.807, 2.05) is 6.92 Å². The van der Waals surface area contributed by atoms with Crippen LogP contribution in [0.2, 0.25) is 0 Å². The van der Waals surface area contributed by atoms with Crippen LogP contribution in [0.5, 0.6) is 0 Å². The molecule has 0 aromatic heterocycles. The first-order valence-electron chi connectivity index (χ1n) is 3.54. The van der Waals surface area contributed by atoms with Crippen LogP contribution in [0.3, 0.4) is 0 Å². The Morgan fingerprint density at radius 1 is 1.75 bits per heavy atom. The average Bonchev–Trinajstić information content (AvgIpc) is 2.05. The van der Waals surface area contributed by atoms with Gasteiger partial charge in [0, 0.05) is 0 Å². The van der Waals surface area contributed by atoms with Crippen molar-refractivity contribution in [2.75, 3.05) is 19.8 Å². The number of terminal acetylenes is 1. The second-order valence-electron chi connectivity index (χ2n) is 1.72. The number of alkyl halides is 1. The van der Waals surface area contributed by atoms with E-state index in [2.05, 4.69) is 11.4 Å². The molecule has 0 heterocycles. The van der Waals surface area contributed by atoms with Crippen LogP contribution >= 0.6 is 0 Å². The molecule has 72 valence electrons. The van der Waals surface area contributed by atoms with E-state index in [0.29, 0.717) is 19.8 Å². The van der Waals surface area contributed by atoms with E-state index in [0.717, 1.165) is 0 Å². The van der Waals surface area contributed by atoms with Crippen LogP contribution in [0.25, 0.3) is 0 Å². The molecule has 1 unspecified atom stereocenters. The molecule has 4 nitrogen and oxygen atoms in total. The van der Waals surface area contributed by atoms with Crippen molar-refractivity contribution < 1.29 is 34.5 Å². The average molecular weight is 286 g/mol.